The van der Waals surface area contributed by atoms with Gasteiger partial charge in [0.05, 0.1) is 12.6 Å². The number of ether oxygens (including phenoxy) is 1. The predicted octanol–water partition coefficient (Wildman–Crippen LogP) is 5.18. The van der Waals surface area contributed by atoms with Gasteiger partial charge in [-0.1, -0.05) is 32.0 Å². The Morgan fingerprint density at radius 2 is 1.86 bits per heavy atom. The maximum Gasteiger partial charge on any atom is 0.123 e. The first-order chi connectivity index (χ1) is 10.2. The predicted molar refractivity (Wildman–Crippen MR) is 85.3 cm³/mol. The molecule has 1 N–H and O–H groups in total. The van der Waals surface area contributed by atoms with Crippen molar-refractivity contribution in [1.29, 1.82) is 0 Å². The lowest BCUT2D eigenvalue weighted by atomic mass is 10.0. The number of hydrogen-bond donors (Lipinski definition) is 1. The maximum atomic E-state index is 13.0. The van der Waals surface area contributed by atoms with Gasteiger partial charge in [0.2, 0.25) is 0 Å². The fourth-order valence-electron chi connectivity index (χ4n) is 2.21. The van der Waals surface area contributed by atoms with Gasteiger partial charge in [0.15, 0.2) is 0 Å². The third-order valence-corrected chi connectivity index (χ3v) is 3.33. The van der Waals surface area contributed by atoms with E-state index in [4.69, 9.17) is 4.74 Å². The van der Waals surface area contributed by atoms with Crippen LogP contribution in [0.15, 0.2) is 48.5 Å². The fourth-order valence-corrected chi connectivity index (χ4v) is 2.21. The van der Waals surface area contributed by atoms with Crippen LogP contribution in [0.4, 0.5) is 10.1 Å². The molecule has 0 aliphatic carbocycles. The van der Waals surface area contributed by atoms with Crippen molar-refractivity contribution in [3.8, 4) is 5.75 Å². The molecule has 0 fully saturated rings. The van der Waals surface area contributed by atoms with E-state index in [0.717, 1.165) is 36.4 Å². The Hall–Kier alpha value is -2.03. The molecule has 0 bridgehead atoms. The molecule has 1 unspecified atom stereocenters. The van der Waals surface area contributed by atoms with Gasteiger partial charge in [-0.05, 0) is 42.7 Å². The Balaban J connectivity index is 2.09. The lowest BCUT2D eigenvalue weighted by molar-refractivity contribution is 0.317. The van der Waals surface area contributed by atoms with Crippen molar-refractivity contribution in [3.63, 3.8) is 0 Å². The van der Waals surface area contributed by atoms with E-state index in [1.165, 1.54) is 12.1 Å². The summed E-state index contributed by atoms with van der Waals surface area (Å²) >= 11 is 0. The lowest BCUT2D eigenvalue weighted by Crippen LogP contribution is -2.09. The van der Waals surface area contributed by atoms with Crippen LogP contribution in [-0.4, -0.2) is 6.61 Å². The van der Waals surface area contributed by atoms with Gasteiger partial charge in [-0.15, -0.1) is 0 Å². The molecule has 2 nitrogen and oxygen atoms in total. The van der Waals surface area contributed by atoms with Gasteiger partial charge in [0.25, 0.3) is 0 Å². The molecule has 2 aromatic carbocycles. The monoisotopic (exact) mass is 287 g/mol. The van der Waals surface area contributed by atoms with Crippen LogP contribution in [0.3, 0.4) is 0 Å². The molecule has 0 spiro atoms. The minimum Gasteiger partial charge on any atom is -0.494 e. The third kappa shape index (κ3) is 4.48. The highest BCUT2D eigenvalue weighted by atomic mass is 19.1. The third-order valence-electron chi connectivity index (χ3n) is 3.33. The van der Waals surface area contributed by atoms with Gasteiger partial charge < -0.3 is 10.1 Å². The summed E-state index contributed by atoms with van der Waals surface area (Å²) in [6.45, 7) is 4.92. The number of halogens is 1. The summed E-state index contributed by atoms with van der Waals surface area (Å²) in [5, 5.41) is 3.48. The van der Waals surface area contributed by atoms with Crippen molar-refractivity contribution in [2.45, 2.75) is 32.7 Å². The second kappa shape index (κ2) is 7.67. The number of nitrogens with one attached hydrogen (secondary N) is 1. The van der Waals surface area contributed by atoms with Crippen LogP contribution in [0.2, 0.25) is 0 Å². The standard InChI is InChI=1S/C18H22FNO/c1-3-12-21-17-7-5-6-16(13-17)20-18(4-2)14-8-10-15(19)11-9-14/h5-11,13,18,20H,3-4,12H2,1-2H3. The normalized spacial score (nSPS) is 12.0. The average Bonchev–Trinajstić information content (AvgIpc) is 2.52. The highest BCUT2D eigenvalue weighted by Gasteiger charge is 2.09. The summed E-state index contributed by atoms with van der Waals surface area (Å²) in [6.07, 6.45) is 1.91. The summed E-state index contributed by atoms with van der Waals surface area (Å²) in [6, 6.07) is 14.8. The number of hydrogen-bond acceptors (Lipinski definition) is 2. The molecule has 0 aliphatic heterocycles. The Kier molecular flexibility index (Phi) is 5.61. The van der Waals surface area contributed by atoms with Gasteiger partial charge in [0.1, 0.15) is 11.6 Å². The van der Waals surface area contributed by atoms with Crippen LogP contribution in [0.5, 0.6) is 5.75 Å². The average molecular weight is 287 g/mol. The topological polar surface area (TPSA) is 21.3 Å². The minimum atomic E-state index is -0.205. The molecule has 0 aromatic heterocycles. The molecule has 0 saturated carbocycles. The summed E-state index contributed by atoms with van der Waals surface area (Å²) in [7, 11) is 0. The molecule has 0 saturated heterocycles. The first kappa shape index (κ1) is 15.4. The molecule has 0 radical (unpaired) electrons. The van der Waals surface area contributed by atoms with Crippen LogP contribution in [0.1, 0.15) is 38.3 Å². The Bertz CT molecular complexity index is 553. The molecule has 0 heterocycles. The Morgan fingerprint density at radius 3 is 2.52 bits per heavy atom. The fraction of sp³-hybridized carbons (Fsp3) is 0.333. The minimum absolute atomic E-state index is 0.159. The quantitative estimate of drug-likeness (QED) is 0.757. The lowest BCUT2D eigenvalue weighted by Gasteiger charge is -2.19. The first-order valence-electron chi connectivity index (χ1n) is 7.47. The van der Waals surface area contributed by atoms with E-state index in [1.807, 2.05) is 36.4 Å². The SMILES string of the molecule is CCCOc1cccc(NC(CC)c2ccc(F)cc2)c1. The van der Waals surface area contributed by atoms with Gasteiger partial charge in [-0.3, -0.25) is 0 Å². The molecule has 0 aliphatic rings. The van der Waals surface area contributed by atoms with Crippen LogP contribution < -0.4 is 10.1 Å². The van der Waals surface area contributed by atoms with Crippen LogP contribution >= 0.6 is 0 Å². The van der Waals surface area contributed by atoms with E-state index < -0.39 is 0 Å². The summed E-state index contributed by atoms with van der Waals surface area (Å²) in [5.74, 6) is 0.666. The van der Waals surface area contributed by atoms with Crippen molar-refractivity contribution < 1.29 is 9.13 Å². The zero-order valence-electron chi connectivity index (χ0n) is 12.6. The van der Waals surface area contributed by atoms with Gasteiger partial charge in [-0.2, -0.15) is 0 Å². The van der Waals surface area contributed by atoms with Crippen molar-refractivity contribution in [3.05, 3.63) is 59.9 Å². The summed E-state index contributed by atoms with van der Waals surface area (Å²) in [5.41, 5.74) is 2.10. The number of benzene rings is 2. The summed E-state index contributed by atoms with van der Waals surface area (Å²) in [4.78, 5) is 0. The second-order valence-electron chi connectivity index (χ2n) is 5.03. The molecule has 2 aromatic rings. The van der Waals surface area contributed by atoms with Crippen molar-refractivity contribution in [2.75, 3.05) is 11.9 Å². The van der Waals surface area contributed by atoms with Gasteiger partial charge >= 0.3 is 0 Å². The second-order valence-corrected chi connectivity index (χ2v) is 5.03. The molecule has 3 heteroatoms. The zero-order valence-corrected chi connectivity index (χ0v) is 12.6. The molecule has 2 rings (SSSR count). The van der Waals surface area contributed by atoms with E-state index in [0.29, 0.717) is 0 Å². The molecule has 1 atom stereocenters. The Morgan fingerprint density at radius 1 is 1.10 bits per heavy atom. The maximum absolute atomic E-state index is 13.0. The van der Waals surface area contributed by atoms with Crippen molar-refractivity contribution >= 4 is 5.69 Å². The highest BCUT2D eigenvalue weighted by molar-refractivity contribution is 5.50. The molecular weight excluding hydrogens is 265 g/mol. The van der Waals surface area contributed by atoms with E-state index in [1.54, 1.807) is 0 Å². The molecule has 0 amide bonds. The van der Waals surface area contributed by atoms with Crippen LogP contribution in [-0.2, 0) is 0 Å². The van der Waals surface area contributed by atoms with Gasteiger partial charge in [-0.25, -0.2) is 4.39 Å². The largest absolute Gasteiger partial charge is 0.494 e. The van der Waals surface area contributed by atoms with Crippen molar-refractivity contribution in [2.24, 2.45) is 0 Å². The Labute approximate surface area is 126 Å². The van der Waals surface area contributed by atoms with E-state index >= 15 is 0 Å². The van der Waals surface area contributed by atoms with Crippen molar-refractivity contribution in [1.82, 2.24) is 0 Å². The smallest absolute Gasteiger partial charge is 0.123 e. The van der Waals surface area contributed by atoms with Crippen LogP contribution in [0, 0.1) is 5.82 Å². The number of rotatable bonds is 7. The molecule has 112 valence electrons. The summed E-state index contributed by atoms with van der Waals surface area (Å²) < 4.78 is 18.7. The van der Waals surface area contributed by atoms with Crippen LogP contribution in [0.25, 0.3) is 0 Å². The number of anilines is 1. The van der Waals surface area contributed by atoms with E-state index in [2.05, 4.69) is 19.2 Å². The van der Waals surface area contributed by atoms with E-state index in [-0.39, 0.29) is 11.9 Å². The highest BCUT2D eigenvalue weighted by Crippen LogP contribution is 2.25. The first-order valence-corrected chi connectivity index (χ1v) is 7.47. The zero-order chi connectivity index (χ0) is 15.1. The molecular formula is C18H22FNO. The molecule has 21 heavy (non-hydrogen) atoms. The van der Waals surface area contributed by atoms with Gasteiger partial charge in [0, 0.05) is 11.8 Å². The van der Waals surface area contributed by atoms with E-state index in [9.17, 15) is 4.39 Å².